The minimum Gasteiger partial charge on any atom is -0.316 e. The first-order valence-corrected chi connectivity index (χ1v) is 1.79. The molecule has 0 amide bonds. The van der Waals surface area contributed by atoms with Crippen molar-refractivity contribution in [3.8, 4) is 0 Å². The van der Waals surface area contributed by atoms with Gasteiger partial charge in [0.15, 0.2) is 14.3 Å². The van der Waals surface area contributed by atoms with Crippen molar-refractivity contribution in [3.05, 3.63) is 0 Å². The van der Waals surface area contributed by atoms with E-state index >= 15 is 0 Å². The van der Waals surface area contributed by atoms with Gasteiger partial charge in [0.2, 0.25) is 0 Å². The molecule has 0 bridgehead atoms. The normalized spacial score (nSPS) is 6.00. The molecule has 0 aromatic heterocycles. The largest absolute Gasteiger partial charge is 0.316 e. The Hall–Kier alpha value is -0.530. The van der Waals surface area contributed by atoms with Gasteiger partial charge < -0.3 is 9.59 Å². The van der Waals surface area contributed by atoms with E-state index in [1.165, 1.54) is 0 Å². The second kappa shape index (κ2) is 4.47. The Morgan fingerprint density at radius 1 is 1.00 bits per heavy atom. The van der Waals surface area contributed by atoms with Gasteiger partial charge in [-0.1, -0.05) is 0 Å². The highest BCUT2D eigenvalue weighted by atomic mass is 16.1. The molecule has 30 valence electrons. The van der Waals surface area contributed by atoms with Crippen LogP contribution in [0.1, 0.15) is 0 Å². The first-order chi connectivity index (χ1) is 2.91. The second-order valence-electron chi connectivity index (χ2n) is 0.911. The van der Waals surface area contributed by atoms with Crippen molar-refractivity contribution < 1.29 is 9.59 Å². The Balaban J connectivity index is 2.66. The standard InChI is InChI=1S/C2H4B2O2/c5-1-3-4-2-6/h1-4H. The smallest absolute Gasteiger partial charge is 0.175 e. The van der Waals surface area contributed by atoms with Crippen LogP contribution in [0, 0.1) is 0 Å². The maximum atomic E-state index is 9.40. The van der Waals surface area contributed by atoms with Crippen molar-refractivity contribution in [1.29, 1.82) is 0 Å². The van der Waals surface area contributed by atoms with E-state index in [4.69, 9.17) is 0 Å². The molecule has 0 heterocycles. The van der Waals surface area contributed by atoms with Crippen LogP contribution in [0.4, 0.5) is 0 Å². The molecule has 0 fully saturated rings. The Bertz CT molecular complexity index is 45.5. The number of rotatable bonds is 3. The third-order valence-corrected chi connectivity index (χ3v) is 0.402. The van der Waals surface area contributed by atoms with E-state index in [0.717, 1.165) is 12.4 Å². The predicted molar refractivity (Wildman–Crippen MR) is 27.8 cm³/mol. The van der Waals surface area contributed by atoms with E-state index in [-0.39, 0.29) is 0 Å². The van der Waals surface area contributed by atoms with Crippen LogP contribution in [0.3, 0.4) is 0 Å². The third kappa shape index (κ3) is 3.47. The minimum atomic E-state index is 0.365. The predicted octanol–water partition coefficient (Wildman–Crippen LogP) is -1.85. The van der Waals surface area contributed by atoms with Crippen LogP contribution in [-0.4, -0.2) is 26.7 Å². The van der Waals surface area contributed by atoms with Gasteiger partial charge in [-0.3, -0.25) is 0 Å². The zero-order chi connectivity index (χ0) is 4.83. The highest BCUT2D eigenvalue weighted by Gasteiger charge is 1.83. The zero-order valence-corrected chi connectivity index (χ0v) is 3.39. The number of hydrogen-bond acceptors (Lipinski definition) is 2. The van der Waals surface area contributed by atoms with Crippen molar-refractivity contribution in [2.45, 2.75) is 0 Å². The van der Waals surface area contributed by atoms with Crippen molar-refractivity contribution in [3.63, 3.8) is 0 Å². The molecule has 2 nitrogen and oxygen atoms in total. The minimum absolute atomic E-state index is 0.365. The summed E-state index contributed by atoms with van der Waals surface area (Å²) < 4.78 is 0. The molecule has 0 aliphatic carbocycles. The molecule has 0 rings (SSSR count). The Morgan fingerprint density at radius 2 is 1.33 bits per heavy atom. The maximum Gasteiger partial charge on any atom is 0.175 e. The van der Waals surface area contributed by atoms with E-state index in [0.29, 0.717) is 14.3 Å². The van der Waals surface area contributed by atoms with Gasteiger partial charge in [0.05, 0.1) is 12.4 Å². The lowest BCUT2D eigenvalue weighted by Gasteiger charge is -1.60. The quantitative estimate of drug-likeness (QED) is 0.227. The lowest BCUT2D eigenvalue weighted by atomic mass is 9.42. The van der Waals surface area contributed by atoms with Crippen molar-refractivity contribution >= 4 is 26.7 Å². The van der Waals surface area contributed by atoms with Gasteiger partial charge in [0, 0.05) is 0 Å². The highest BCUT2D eigenvalue weighted by Crippen LogP contribution is 1.38. The fourth-order valence-electron chi connectivity index (χ4n) is 0.136. The van der Waals surface area contributed by atoms with Crippen molar-refractivity contribution in [1.82, 2.24) is 0 Å². The van der Waals surface area contributed by atoms with Crippen LogP contribution >= 0.6 is 0 Å². The zero-order valence-electron chi connectivity index (χ0n) is 3.39. The number of hydrogen-bond donors (Lipinski definition) is 0. The number of carbonyl (C=O) groups excluding carboxylic acids is 2. The van der Waals surface area contributed by atoms with E-state index in [9.17, 15) is 9.59 Å². The molecular weight excluding hydrogens is 77.6 g/mol. The molecular formula is C2H4B2O2. The summed E-state index contributed by atoms with van der Waals surface area (Å²) in [5.41, 5.74) is 0. The van der Waals surface area contributed by atoms with Crippen molar-refractivity contribution in [2.24, 2.45) is 0 Å². The van der Waals surface area contributed by atoms with Crippen LogP contribution in [0.25, 0.3) is 0 Å². The van der Waals surface area contributed by atoms with Crippen LogP contribution in [0.2, 0.25) is 0 Å². The second-order valence-corrected chi connectivity index (χ2v) is 0.911. The lowest BCUT2D eigenvalue weighted by molar-refractivity contribution is 0.567. The molecule has 0 aliphatic heterocycles. The Kier molecular flexibility index (Phi) is 4.07. The van der Waals surface area contributed by atoms with Gasteiger partial charge in [-0.15, -0.1) is 0 Å². The maximum absolute atomic E-state index is 9.40. The fourth-order valence-corrected chi connectivity index (χ4v) is 0.136. The molecule has 0 aromatic rings. The molecule has 0 N–H and O–H groups in total. The monoisotopic (exact) mass is 82.0 g/mol. The highest BCUT2D eigenvalue weighted by molar-refractivity contribution is 7.22. The first kappa shape index (κ1) is 5.47. The summed E-state index contributed by atoms with van der Waals surface area (Å²) in [6, 6.07) is 0. The van der Waals surface area contributed by atoms with E-state index in [1.54, 1.807) is 0 Å². The molecule has 0 spiro atoms. The molecule has 0 saturated heterocycles. The van der Waals surface area contributed by atoms with Gasteiger partial charge in [0.1, 0.15) is 0 Å². The molecule has 6 heavy (non-hydrogen) atoms. The Labute approximate surface area is 37.4 Å². The van der Waals surface area contributed by atoms with Crippen LogP contribution in [0.5, 0.6) is 0 Å². The summed E-state index contributed by atoms with van der Waals surface area (Å²) in [5, 5.41) is 0. The average Bonchev–Trinajstić information content (AvgIpc) is 1.61. The summed E-state index contributed by atoms with van der Waals surface area (Å²) >= 11 is 0. The average molecular weight is 81.7 g/mol. The van der Waals surface area contributed by atoms with Gasteiger partial charge in [-0.25, -0.2) is 0 Å². The molecule has 0 radical (unpaired) electrons. The molecule has 0 aromatic carbocycles. The molecule has 0 aliphatic rings. The summed E-state index contributed by atoms with van der Waals surface area (Å²) in [7, 11) is 0.729. The Morgan fingerprint density at radius 3 is 1.50 bits per heavy atom. The van der Waals surface area contributed by atoms with Crippen LogP contribution < -0.4 is 0 Å². The van der Waals surface area contributed by atoms with E-state index in [2.05, 4.69) is 0 Å². The third-order valence-electron chi connectivity index (χ3n) is 0.402. The topological polar surface area (TPSA) is 34.1 Å². The molecule has 0 unspecified atom stereocenters. The summed E-state index contributed by atoms with van der Waals surface area (Å²) in [4.78, 5) is 18.8. The summed E-state index contributed by atoms with van der Waals surface area (Å²) in [6.07, 6.45) is 1.46. The van der Waals surface area contributed by atoms with Crippen molar-refractivity contribution in [2.75, 3.05) is 0 Å². The van der Waals surface area contributed by atoms with E-state index in [1.807, 2.05) is 0 Å². The molecule has 0 saturated carbocycles. The molecule has 0 atom stereocenters. The molecule has 4 heteroatoms. The van der Waals surface area contributed by atoms with Gasteiger partial charge >= 0.3 is 0 Å². The van der Waals surface area contributed by atoms with Gasteiger partial charge in [-0.05, 0) is 0 Å². The first-order valence-electron chi connectivity index (χ1n) is 1.79. The van der Waals surface area contributed by atoms with Gasteiger partial charge in [-0.2, -0.15) is 0 Å². The summed E-state index contributed by atoms with van der Waals surface area (Å²) in [6.45, 7) is 0. The SMILES string of the molecule is O=CBBC=O. The fraction of sp³-hybridized carbons (Fsp3) is 0. The van der Waals surface area contributed by atoms with Crippen LogP contribution in [-0.2, 0) is 9.59 Å². The lowest BCUT2D eigenvalue weighted by Crippen LogP contribution is -2.04. The number of carbonyl (C=O) groups is 2. The van der Waals surface area contributed by atoms with E-state index < -0.39 is 0 Å². The van der Waals surface area contributed by atoms with Gasteiger partial charge in [0.25, 0.3) is 0 Å². The van der Waals surface area contributed by atoms with Crippen LogP contribution in [0.15, 0.2) is 0 Å². The summed E-state index contributed by atoms with van der Waals surface area (Å²) in [5.74, 6) is 0.